The third-order valence-electron chi connectivity index (χ3n) is 4.48. The molecule has 4 heterocycles. The Labute approximate surface area is 156 Å². The van der Waals surface area contributed by atoms with E-state index >= 15 is 0 Å². The van der Waals surface area contributed by atoms with Gasteiger partial charge in [-0.1, -0.05) is 24.3 Å². The lowest BCUT2D eigenvalue weighted by molar-refractivity contribution is 0.270. The summed E-state index contributed by atoms with van der Waals surface area (Å²) in [5.41, 5.74) is 1.07. The van der Waals surface area contributed by atoms with Crippen molar-refractivity contribution < 1.29 is 0 Å². The molecule has 0 aliphatic carbocycles. The zero-order chi connectivity index (χ0) is 17.8. The van der Waals surface area contributed by atoms with Crippen molar-refractivity contribution in [2.24, 2.45) is 0 Å². The van der Waals surface area contributed by atoms with Gasteiger partial charge in [0.25, 0.3) is 0 Å². The van der Waals surface area contributed by atoms with Gasteiger partial charge in [0.1, 0.15) is 18.0 Å². The maximum atomic E-state index is 4.45. The average molecular weight is 367 g/mol. The molecule has 134 valence electrons. The van der Waals surface area contributed by atoms with Gasteiger partial charge in [-0.25, -0.2) is 15.0 Å². The highest BCUT2D eigenvalue weighted by Gasteiger charge is 2.17. The Morgan fingerprint density at radius 1 is 1.12 bits per heavy atom. The minimum Gasteiger partial charge on any atom is -0.354 e. The molecule has 1 aliphatic rings. The van der Waals surface area contributed by atoms with Crippen molar-refractivity contribution in [3.05, 3.63) is 43.1 Å². The number of nitrogens with one attached hydrogen (secondary N) is 1. The molecule has 7 nitrogen and oxygen atoms in total. The molecule has 1 N–H and O–H groups in total. The predicted molar refractivity (Wildman–Crippen MR) is 105 cm³/mol. The summed E-state index contributed by atoms with van der Waals surface area (Å²) in [6.07, 6.45) is 7.08. The van der Waals surface area contributed by atoms with E-state index in [-0.39, 0.29) is 0 Å². The second kappa shape index (κ2) is 7.76. The van der Waals surface area contributed by atoms with Gasteiger partial charge in [0.2, 0.25) is 0 Å². The molecule has 0 atom stereocenters. The fraction of sp³-hybridized carbons (Fsp3) is 0.333. The van der Waals surface area contributed by atoms with Gasteiger partial charge >= 0.3 is 0 Å². The Balaban J connectivity index is 1.45. The van der Waals surface area contributed by atoms with Crippen LogP contribution in [0.2, 0.25) is 0 Å². The van der Waals surface area contributed by atoms with Crippen molar-refractivity contribution >= 4 is 28.1 Å². The molecule has 0 aromatic carbocycles. The molecule has 0 saturated carbocycles. The number of nitrogens with zero attached hydrogens (tertiary/aromatic N) is 6. The van der Waals surface area contributed by atoms with Crippen LogP contribution in [0.25, 0.3) is 10.4 Å². The van der Waals surface area contributed by atoms with Crippen LogP contribution in [0.15, 0.2) is 43.1 Å². The summed E-state index contributed by atoms with van der Waals surface area (Å²) in [7, 11) is 0. The fourth-order valence-corrected chi connectivity index (χ4v) is 3.78. The highest BCUT2D eigenvalue weighted by molar-refractivity contribution is 7.18. The Bertz CT molecular complexity index is 844. The molecule has 0 unspecified atom stereocenters. The van der Waals surface area contributed by atoms with Crippen molar-refractivity contribution in [1.29, 1.82) is 0 Å². The molecular formula is C18H21N7S. The van der Waals surface area contributed by atoms with Crippen LogP contribution in [0.3, 0.4) is 0 Å². The lowest BCUT2D eigenvalue weighted by Crippen LogP contribution is -2.46. The first-order valence-corrected chi connectivity index (χ1v) is 9.56. The van der Waals surface area contributed by atoms with E-state index in [0.717, 1.165) is 59.9 Å². The third-order valence-corrected chi connectivity index (χ3v) is 5.44. The monoisotopic (exact) mass is 367 g/mol. The van der Waals surface area contributed by atoms with Crippen LogP contribution in [0.5, 0.6) is 0 Å². The standard InChI is InChI=1S/C18H21N7S/c1-2-24-6-8-25(9-7-24)17-10-16(21-13-22-17)23-18-20-12-15(26-18)14-4-3-5-19-11-14/h3-5,10-13H,2,6-9H2,1H3,(H,20,21,22,23). The number of rotatable bonds is 5. The lowest BCUT2D eigenvalue weighted by Gasteiger charge is -2.34. The fourth-order valence-electron chi connectivity index (χ4n) is 2.96. The largest absolute Gasteiger partial charge is 0.354 e. The van der Waals surface area contributed by atoms with E-state index in [2.05, 4.69) is 42.0 Å². The van der Waals surface area contributed by atoms with Gasteiger partial charge in [-0.05, 0) is 12.6 Å². The summed E-state index contributed by atoms with van der Waals surface area (Å²) in [5, 5.41) is 4.10. The van der Waals surface area contributed by atoms with Gasteiger partial charge in [-0.3, -0.25) is 4.98 Å². The second-order valence-corrected chi connectivity index (χ2v) is 7.11. The zero-order valence-electron chi connectivity index (χ0n) is 14.7. The molecule has 0 bridgehead atoms. The zero-order valence-corrected chi connectivity index (χ0v) is 15.5. The van der Waals surface area contributed by atoms with Crippen LogP contribution < -0.4 is 10.2 Å². The molecule has 0 amide bonds. The van der Waals surface area contributed by atoms with E-state index in [4.69, 9.17) is 0 Å². The summed E-state index contributed by atoms with van der Waals surface area (Å²) < 4.78 is 0. The normalized spacial score (nSPS) is 15.2. The maximum Gasteiger partial charge on any atom is 0.188 e. The minimum atomic E-state index is 0.764. The number of anilines is 3. The summed E-state index contributed by atoms with van der Waals surface area (Å²) in [6, 6.07) is 5.95. The molecule has 1 fully saturated rings. The van der Waals surface area contributed by atoms with Crippen LogP contribution in [-0.4, -0.2) is 57.6 Å². The van der Waals surface area contributed by atoms with Crippen LogP contribution in [0, 0.1) is 0 Å². The number of aromatic nitrogens is 4. The summed E-state index contributed by atoms with van der Waals surface area (Å²) in [6.45, 7) is 7.44. The molecule has 0 spiro atoms. The van der Waals surface area contributed by atoms with Crippen LogP contribution >= 0.6 is 11.3 Å². The van der Waals surface area contributed by atoms with Gasteiger partial charge in [0.15, 0.2) is 5.13 Å². The molecule has 1 saturated heterocycles. The number of likely N-dealkylation sites (N-methyl/N-ethyl adjacent to an activating group) is 1. The average Bonchev–Trinajstić information content (AvgIpc) is 3.17. The Kier molecular flexibility index (Phi) is 5.03. The molecule has 26 heavy (non-hydrogen) atoms. The van der Waals surface area contributed by atoms with E-state index < -0.39 is 0 Å². The van der Waals surface area contributed by atoms with Crippen LogP contribution in [0.1, 0.15) is 6.92 Å². The third kappa shape index (κ3) is 3.81. The Morgan fingerprint density at radius 3 is 2.77 bits per heavy atom. The van der Waals surface area contributed by atoms with Crippen molar-refractivity contribution in [2.45, 2.75) is 6.92 Å². The van der Waals surface area contributed by atoms with Gasteiger partial charge in [0.05, 0.1) is 4.88 Å². The predicted octanol–water partition coefficient (Wildman–Crippen LogP) is 2.88. The highest BCUT2D eigenvalue weighted by atomic mass is 32.1. The number of hydrogen-bond acceptors (Lipinski definition) is 8. The first kappa shape index (κ1) is 16.9. The van der Waals surface area contributed by atoms with Crippen molar-refractivity contribution in [1.82, 2.24) is 24.8 Å². The first-order chi connectivity index (χ1) is 12.8. The van der Waals surface area contributed by atoms with Crippen molar-refractivity contribution in [2.75, 3.05) is 42.9 Å². The molecule has 3 aromatic heterocycles. The molecule has 0 radical (unpaired) electrons. The van der Waals surface area contributed by atoms with Gasteiger partial charge < -0.3 is 15.1 Å². The van der Waals surface area contributed by atoms with E-state index in [0.29, 0.717) is 0 Å². The topological polar surface area (TPSA) is 70.1 Å². The number of pyridine rings is 1. The van der Waals surface area contributed by atoms with E-state index in [1.807, 2.05) is 30.6 Å². The van der Waals surface area contributed by atoms with Gasteiger partial charge in [-0.2, -0.15) is 0 Å². The highest BCUT2D eigenvalue weighted by Crippen LogP contribution is 2.30. The van der Waals surface area contributed by atoms with E-state index in [1.54, 1.807) is 23.9 Å². The van der Waals surface area contributed by atoms with Crippen molar-refractivity contribution in [3.8, 4) is 10.4 Å². The van der Waals surface area contributed by atoms with Crippen molar-refractivity contribution in [3.63, 3.8) is 0 Å². The molecule has 3 aromatic rings. The maximum absolute atomic E-state index is 4.45. The molecule has 4 rings (SSSR count). The summed E-state index contributed by atoms with van der Waals surface area (Å²) in [5.74, 6) is 1.72. The van der Waals surface area contributed by atoms with Gasteiger partial charge in [0, 0.05) is 56.4 Å². The van der Waals surface area contributed by atoms with Gasteiger partial charge in [-0.15, -0.1) is 0 Å². The number of thiazole rings is 1. The Morgan fingerprint density at radius 2 is 2.00 bits per heavy atom. The first-order valence-electron chi connectivity index (χ1n) is 8.74. The van der Waals surface area contributed by atoms with E-state index in [9.17, 15) is 0 Å². The molecular weight excluding hydrogens is 346 g/mol. The smallest absolute Gasteiger partial charge is 0.188 e. The van der Waals surface area contributed by atoms with Crippen LogP contribution in [0.4, 0.5) is 16.8 Å². The van der Waals surface area contributed by atoms with E-state index in [1.165, 1.54) is 0 Å². The quantitative estimate of drug-likeness (QED) is 0.743. The lowest BCUT2D eigenvalue weighted by atomic mass is 10.3. The van der Waals surface area contributed by atoms with Crippen LogP contribution in [-0.2, 0) is 0 Å². The summed E-state index contributed by atoms with van der Waals surface area (Å²) in [4.78, 5) is 23.2. The molecule has 8 heteroatoms. The number of piperazine rings is 1. The second-order valence-electron chi connectivity index (χ2n) is 6.08. The Hall–Kier alpha value is -2.58. The molecule has 1 aliphatic heterocycles. The number of hydrogen-bond donors (Lipinski definition) is 1. The minimum absolute atomic E-state index is 0.764. The summed E-state index contributed by atoms with van der Waals surface area (Å²) >= 11 is 1.58. The SMILES string of the molecule is CCN1CCN(c2cc(Nc3ncc(-c4cccnc4)s3)ncn2)CC1.